The van der Waals surface area contributed by atoms with Crippen LogP contribution in [0.3, 0.4) is 0 Å². The lowest BCUT2D eigenvalue weighted by molar-refractivity contribution is -0.149. The van der Waals surface area contributed by atoms with Gasteiger partial charge in [0.15, 0.2) is 0 Å². The van der Waals surface area contributed by atoms with Gasteiger partial charge in [0.25, 0.3) is 5.91 Å². The maximum absolute atomic E-state index is 11.3. The van der Waals surface area contributed by atoms with E-state index >= 15 is 0 Å². The average molecular weight is 276 g/mol. The van der Waals surface area contributed by atoms with Crippen LogP contribution in [0.4, 0.5) is 0 Å². The number of carbonyl (C=O) groups excluding carboxylic acids is 2. The molecule has 0 radical (unpaired) electrons. The Morgan fingerprint density at radius 1 is 0.947 bits per heavy atom. The van der Waals surface area contributed by atoms with E-state index in [1.54, 1.807) is 5.32 Å². The van der Waals surface area contributed by atoms with Gasteiger partial charge in [0.1, 0.15) is 6.04 Å². The van der Waals surface area contributed by atoms with Crippen molar-refractivity contribution < 1.29 is 39.3 Å². The molecule has 0 aliphatic rings. The fraction of sp³-hybridized carbons (Fsp3) is 0.444. The summed E-state index contributed by atoms with van der Waals surface area (Å²) in [6, 6.07) is -3.43. The first-order valence-corrected chi connectivity index (χ1v) is 4.91. The van der Waals surface area contributed by atoms with Crippen LogP contribution in [0.25, 0.3) is 0 Å². The summed E-state index contributed by atoms with van der Waals surface area (Å²) in [5.41, 5.74) is 5.12. The van der Waals surface area contributed by atoms with Gasteiger partial charge in [-0.1, -0.05) is 0 Å². The Kier molecular flexibility index (Phi) is 6.13. The van der Waals surface area contributed by atoms with Gasteiger partial charge in [0, 0.05) is 0 Å². The minimum absolute atomic E-state index is 0.803. The molecular formula is C9H12N2O8. The first-order valence-electron chi connectivity index (χ1n) is 4.91. The monoisotopic (exact) mass is 276 g/mol. The second-order valence-electron chi connectivity index (χ2n) is 3.53. The number of aliphatic carboxylic acids is 3. The van der Waals surface area contributed by atoms with Crippen molar-refractivity contribution in [3.8, 4) is 0 Å². The summed E-state index contributed by atoms with van der Waals surface area (Å²) in [5.74, 6) is -7.32. The Hall–Kier alpha value is -2.49. The molecule has 0 unspecified atom stereocenters. The van der Waals surface area contributed by atoms with Crippen LogP contribution in [-0.2, 0) is 24.0 Å². The van der Waals surface area contributed by atoms with Crippen LogP contribution < -0.4 is 11.1 Å². The van der Waals surface area contributed by atoms with Gasteiger partial charge >= 0.3 is 17.9 Å². The summed E-state index contributed by atoms with van der Waals surface area (Å²) in [5, 5.41) is 27.1. The minimum atomic E-state index is -1.80. The molecule has 0 aromatic rings. The van der Waals surface area contributed by atoms with Crippen LogP contribution in [0.2, 0.25) is 0 Å². The highest BCUT2D eigenvalue weighted by Gasteiger charge is 2.29. The number of ketones is 1. The van der Waals surface area contributed by atoms with E-state index in [1.807, 2.05) is 0 Å². The highest BCUT2D eigenvalue weighted by atomic mass is 16.4. The van der Waals surface area contributed by atoms with E-state index in [-0.39, 0.29) is 0 Å². The predicted octanol–water partition coefficient (Wildman–Crippen LogP) is -2.60. The molecule has 6 N–H and O–H groups in total. The number of Topliss-reactive ketones (excluding diaryl/α,β-unsaturated/α-hetero) is 1. The number of carboxylic acids is 3. The fourth-order valence-electron chi connectivity index (χ4n) is 1.05. The summed E-state index contributed by atoms with van der Waals surface area (Å²) in [6.07, 6.45) is -1.73. The summed E-state index contributed by atoms with van der Waals surface area (Å²) in [4.78, 5) is 53.8. The molecule has 2 atom stereocenters. The highest BCUT2D eigenvalue weighted by molar-refractivity contribution is 6.38. The molecule has 0 spiro atoms. The molecule has 0 aliphatic carbocycles. The number of carbonyl (C=O) groups is 5. The number of hydrogen-bond acceptors (Lipinski definition) is 6. The van der Waals surface area contributed by atoms with Crippen molar-refractivity contribution in [2.45, 2.75) is 24.9 Å². The standard InChI is InChI=1S/C9H12N2O8/c10-3(1-5(12)13)7(16)8(17)11-4(9(18)19)2-6(14)15/h3-4H,1-2,10H2,(H,11,17)(H,12,13)(H,14,15)(H,18,19)/t3-,4-/m0/s1. The molecule has 19 heavy (non-hydrogen) atoms. The molecule has 1 amide bonds. The minimum Gasteiger partial charge on any atom is -0.481 e. The summed E-state index contributed by atoms with van der Waals surface area (Å²) >= 11 is 0. The molecule has 0 aromatic carbocycles. The quantitative estimate of drug-likeness (QED) is 0.296. The normalized spacial score (nSPS) is 13.1. The lowest BCUT2D eigenvalue weighted by Crippen LogP contribution is -2.49. The molecule has 106 valence electrons. The highest BCUT2D eigenvalue weighted by Crippen LogP contribution is 1.96. The molecule has 10 nitrogen and oxygen atoms in total. The zero-order chi connectivity index (χ0) is 15.2. The van der Waals surface area contributed by atoms with Crippen molar-refractivity contribution in [2.75, 3.05) is 0 Å². The van der Waals surface area contributed by atoms with Crippen LogP contribution in [-0.4, -0.2) is 57.0 Å². The Bertz CT molecular complexity index is 418. The molecular weight excluding hydrogens is 264 g/mol. The molecule has 0 rings (SSSR count). The third kappa shape index (κ3) is 6.12. The number of hydrogen-bond donors (Lipinski definition) is 5. The Balaban J connectivity index is 4.64. The van der Waals surface area contributed by atoms with E-state index in [4.69, 9.17) is 21.1 Å². The maximum Gasteiger partial charge on any atom is 0.326 e. The van der Waals surface area contributed by atoms with Gasteiger partial charge in [-0.15, -0.1) is 0 Å². The average Bonchev–Trinajstić information content (AvgIpc) is 2.25. The molecule has 10 heteroatoms. The fourth-order valence-corrected chi connectivity index (χ4v) is 1.05. The van der Waals surface area contributed by atoms with E-state index in [0.29, 0.717) is 0 Å². The molecule has 0 heterocycles. The second-order valence-corrected chi connectivity index (χ2v) is 3.53. The van der Waals surface area contributed by atoms with E-state index in [9.17, 15) is 24.0 Å². The largest absolute Gasteiger partial charge is 0.481 e. The number of nitrogens with two attached hydrogens (primary N) is 1. The van der Waals surface area contributed by atoms with Gasteiger partial charge in [-0.3, -0.25) is 19.2 Å². The van der Waals surface area contributed by atoms with Crippen LogP contribution in [0.15, 0.2) is 0 Å². The van der Waals surface area contributed by atoms with Crippen LogP contribution in [0, 0.1) is 0 Å². The van der Waals surface area contributed by atoms with Gasteiger partial charge in [0.2, 0.25) is 5.78 Å². The maximum atomic E-state index is 11.3. The number of rotatable bonds is 8. The molecule has 0 bridgehead atoms. The van der Waals surface area contributed by atoms with Crippen molar-refractivity contribution in [1.82, 2.24) is 5.32 Å². The van der Waals surface area contributed by atoms with E-state index < -0.39 is 54.5 Å². The zero-order valence-corrected chi connectivity index (χ0v) is 9.53. The molecule has 0 fully saturated rings. The Morgan fingerprint density at radius 2 is 1.42 bits per heavy atom. The number of carboxylic acid groups (broad SMARTS) is 3. The zero-order valence-electron chi connectivity index (χ0n) is 9.53. The van der Waals surface area contributed by atoms with E-state index in [1.165, 1.54) is 0 Å². The van der Waals surface area contributed by atoms with Gasteiger partial charge in [0.05, 0.1) is 18.9 Å². The van der Waals surface area contributed by atoms with Crippen molar-refractivity contribution in [3.05, 3.63) is 0 Å². The Labute approximate surface area is 106 Å². The van der Waals surface area contributed by atoms with Crippen molar-refractivity contribution in [1.29, 1.82) is 0 Å². The van der Waals surface area contributed by atoms with Gasteiger partial charge < -0.3 is 26.4 Å². The Morgan fingerprint density at radius 3 is 1.79 bits per heavy atom. The smallest absolute Gasteiger partial charge is 0.326 e. The lowest BCUT2D eigenvalue weighted by atomic mass is 10.1. The summed E-state index contributed by atoms with van der Waals surface area (Å²) in [6.45, 7) is 0. The van der Waals surface area contributed by atoms with Crippen LogP contribution in [0.1, 0.15) is 12.8 Å². The topological polar surface area (TPSA) is 184 Å². The van der Waals surface area contributed by atoms with Gasteiger partial charge in [-0.2, -0.15) is 0 Å². The lowest BCUT2D eigenvalue weighted by Gasteiger charge is -2.13. The summed E-state index contributed by atoms with van der Waals surface area (Å²) < 4.78 is 0. The van der Waals surface area contributed by atoms with Crippen molar-refractivity contribution >= 4 is 29.6 Å². The van der Waals surface area contributed by atoms with Gasteiger partial charge in [-0.25, -0.2) is 4.79 Å². The first-order chi connectivity index (χ1) is 8.65. The third-order valence-electron chi connectivity index (χ3n) is 1.94. The van der Waals surface area contributed by atoms with Crippen molar-refractivity contribution in [2.24, 2.45) is 5.73 Å². The van der Waals surface area contributed by atoms with Crippen LogP contribution >= 0.6 is 0 Å². The SMILES string of the molecule is N[C@@H](CC(=O)O)C(=O)C(=O)N[C@@H](CC(=O)O)C(=O)O. The molecule has 0 aromatic heterocycles. The van der Waals surface area contributed by atoms with E-state index in [2.05, 4.69) is 0 Å². The number of nitrogens with one attached hydrogen (secondary N) is 1. The predicted molar refractivity (Wildman–Crippen MR) is 57.1 cm³/mol. The van der Waals surface area contributed by atoms with Crippen LogP contribution in [0.5, 0.6) is 0 Å². The third-order valence-corrected chi connectivity index (χ3v) is 1.94. The molecule has 0 saturated heterocycles. The number of amides is 1. The van der Waals surface area contributed by atoms with Crippen molar-refractivity contribution in [3.63, 3.8) is 0 Å². The molecule has 0 saturated carbocycles. The molecule has 0 aliphatic heterocycles. The second kappa shape index (κ2) is 7.06. The summed E-state index contributed by atoms with van der Waals surface area (Å²) in [7, 11) is 0. The van der Waals surface area contributed by atoms with Gasteiger partial charge in [-0.05, 0) is 0 Å². The first kappa shape index (κ1) is 16.5. The van der Waals surface area contributed by atoms with E-state index in [0.717, 1.165) is 0 Å².